The molecule has 1 saturated carbocycles. The molecule has 1 fully saturated rings. The topological polar surface area (TPSA) is 86.8 Å². The molecule has 3 aromatic rings. The second kappa shape index (κ2) is 12.7. The van der Waals surface area contributed by atoms with E-state index in [0.29, 0.717) is 15.6 Å². The second-order valence-electron chi connectivity index (χ2n) is 10.0. The average molecular weight is 591 g/mol. The van der Waals surface area contributed by atoms with Crippen molar-refractivity contribution < 1.29 is 18.0 Å². The van der Waals surface area contributed by atoms with Gasteiger partial charge in [-0.3, -0.25) is 9.59 Å². The number of carbonyl (C=O) groups excluding carboxylic acids is 2. The zero-order valence-electron chi connectivity index (χ0n) is 22.1. The van der Waals surface area contributed by atoms with E-state index in [4.69, 9.17) is 23.2 Å². The third-order valence-corrected chi connectivity index (χ3v) is 9.65. The van der Waals surface area contributed by atoms with Crippen LogP contribution in [0, 0.1) is 0 Å². The van der Waals surface area contributed by atoms with Crippen LogP contribution in [0.1, 0.15) is 44.6 Å². The van der Waals surface area contributed by atoms with Crippen LogP contribution in [0.3, 0.4) is 0 Å². The van der Waals surface area contributed by atoms with Gasteiger partial charge < -0.3 is 10.2 Å². The molecule has 0 radical (unpaired) electrons. The number of carbonyl (C=O) groups is 2. The minimum atomic E-state index is -3.97. The van der Waals surface area contributed by atoms with Crippen molar-refractivity contribution in [3.8, 4) is 0 Å². The molecule has 4 rings (SSSR count). The number of sulfonamides is 1. The molecule has 1 atom stereocenters. The third kappa shape index (κ3) is 7.11. The first kappa shape index (κ1) is 29.3. The third-order valence-electron chi connectivity index (χ3n) is 7.26. The van der Waals surface area contributed by atoms with Crippen LogP contribution in [0.5, 0.6) is 0 Å². The summed E-state index contributed by atoms with van der Waals surface area (Å²) in [6.45, 7) is 1.23. The predicted molar refractivity (Wildman–Crippen MR) is 155 cm³/mol. The number of amides is 2. The molecule has 1 aliphatic rings. The minimum Gasteiger partial charge on any atom is -0.352 e. The van der Waals surface area contributed by atoms with Gasteiger partial charge in [-0.1, -0.05) is 78.9 Å². The van der Waals surface area contributed by atoms with Crippen molar-refractivity contribution in [2.75, 3.05) is 13.6 Å². The van der Waals surface area contributed by atoms with Crippen LogP contribution in [0.4, 0.5) is 0 Å². The van der Waals surface area contributed by atoms with E-state index in [0.717, 1.165) is 47.2 Å². The molecular formula is C29H33Cl2N3O4S. The Balaban J connectivity index is 1.56. The molecule has 0 aromatic heterocycles. The summed E-state index contributed by atoms with van der Waals surface area (Å²) >= 11 is 12.4. The Bertz CT molecular complexity index is 1460. The highest BCUT2D eigenvalue weighted by Crippen LogP contribution is 2.25. The Hall–Kier alpha value is -2.65. The molecule has 10 heteroatoms. The van der Waals surface area contributed by atoms with Crippen molar-refractivity contribution in [2.45, 2.75) is 62.6 Å². The Kier molecular flexibility index (Phi) is 9.54. The SMILES string of the molecule is C[C@@H](C(=O)NC1CCCCC1)N(Cc1ccc(Cl)cc1Cl)C(=O)CN(C)S(=O)(=O)c1ccc2ccccc2c1. The summed E-state index contributed by atoms with van der Waals surface area (Å²) in [4.78, 5) is 28.3. The van der Waals surface area contributed by atoms with Crippen LogP contribution in [0.15, 0.2) is 65.6 Å². The van der Waals surface area contributed by atoms with Crippen molar-refractivity contribution in [2.24, 2.45) is 0 Å². The van der Waals surface area contributed by atoms with Crippen molar-refractivity contribution in [1.29, 1.82) is 0 Å². The minimum absolute atomic E-state index is 0.0257. The van der Waals surface area contributed by atoms with Crippen molar-refractivity contribution in [3.05, 3.63) is 76.3 Å². The number of hydrogen-bond acceptors (Lipinski definition) is 4. The maximum Gasteiger partial charge on any atom is 0.243 e. The fourth-order valence-corrected chi connectivity index (χ4v) is 6.48. The first-order chi connectivity index (χ1) is 18.6. The van der Waals surface area contributed by atoms with Gasteiger partial charge in [0.15, 0.2) is 0 Å². The van der Waals surface area contributed by atoms with Gasteiger partial charge in [0.05, 0.1) is 11.4 Å². The first-order valence-electron chi connectivity index (χ1n) is 13.0. The van der Waals surface area contributed by atoms with Gasteiger partial charge in [0.2, 0.25) is 21.8 Å². The summed E-state index contributed by atoms with van der Waals surface area (Å²) in [5.74, 6) is -0.792. The normalized spacial score (nSPS) is 15.3. The van der Waals surface area contributed by atoms with E-state index in [-0.39, 0.29) is 23.4 Å². The van der Waals surface area contributed by atoms with Gasteiger partial charge in [-0.05, 0) is 60.4 Å². The largest absolute Gasteiger partial charge is 0.352 e. The molecule has 0 unspecified atom stereocenters. The van der Waals surface area contributed by atoms with Gasteiger partial charge in [0, 0.05) is 29.7 Å². The molecule has 3 aromatic carbocycles. The highest BCUT2D eigenvalue weighted by atomic mass is 35.5. The molecule has 0 bridgehead atoms. The highest BCUT2D eigenvalue weighted by molar-refractivity contribution is 7.89. The van der Waals surface area contributed by atoms with Gasteiger partial charge in [-0.25, -0.2) is 8.42 Å². The summed E-state index contributed by atoms with van der Waals surface area (Å²) in [6, 6.07) is 16.5. The van der Waals surface area contributed by atoms with Gasteiger partial charge in [0.1, 0.15) is 6.04 Å². The number of fused-ring (bicyclic) bond motifs is 1. The van der Waals surface area contributed by atoms with Crippen LogP contribution < -0.4 is 5.32 Å². The fraction of sp³-hybridized carbons (Fsp3) is 0.379. The first-order valence-corrected chi connectivity index (χ1v) is 15.2. The summed E-state index contributed by atoms with van der Waals surface area (Å²) in [5, 5.41) is 5.58. The molecule has 1 aliphatic carbocycles. The Labute approximate surface area is 240 Å². The average Bonchev–Trinajstić information content (AvgIpc) is 2.92. The molecule has 7 nitrogen and oxygen atoms in total. The Morgan fingerprint density at radius 1 is 0.974 bits per heavy atom. The van der Waals surface area contributed by atoms with E-state index in [1.165, 1.54) is 18.0 Å². The van der Waals surface area contributed by atoms with E-state index < -0.39 is 28.5 Å². The monoisotopic (exact) mass is 589 g/mol. The van der Waals surface area contributed by atoms with Gasteiger partial charge in [-0.2, -0.15) is 4.31 Å². The molecule has 39 heavy (non-hydrogen) atoms. The Morgan fingerprint density at radius 3 is 2.36 bits per heavy atom. The second-order valence-corrected chi connectivity index (χ2v) is 12.9. The number of rotatable bonds is 9. The quantitative estimate of drug-likeness (QED) is 0.350. The van der Waals surface area contributed by atoms with Gasteiger partial charge in [0.25, 0.3) is 0 Å². The van der Waals surface area contributed by atoms with E-state index >= 15 is 0 Å². The van der Waals surface area contributed by atoms with Crippen molar-refractivity contribution >= 4 is 55.8 Å². The maximum atomic E-state index is 13.6. The molecule has 2 amide bonds. The predicted octanol–water partition coefficient (Wildman–Crippen LogP) is 5.63. The van der Waals surface area contributed by atoms with E-state index in [1.807, 2.05) is 24.3 Å². The van der Waals surface area contributed by atoms with E-state index in [9.17, 15) is 18.0 Å². The van der Waals surface area contributed by atoms with Crippen LogP contribution in [0.25, 0.3) is 10.8 Å². The number of likely N-dealkylation sites (N-methyl/N-ethyl adjacent to an activating group) is 1. The maximum absolute atomic E-state index is 13.6. The molecule has 0 aliphatic heterocycles. The molecule has 208 valence electrons. The van der Waals surface area contributed by atoms with Gasteiger partial charge >= 0.3 is 0 Å². The lowest BCUT2D eigenvalue weighted by Gasteiger charge is -2.32. The molecule has 0 spiro atoms. The zero-order valence-corrected chi connectivity index (χ0v) is 24.4. The Morgan fingerprint density at radius 2 is 1.67 bits per heavy atom. The number of hydrogen-bond donors (Lipinski definition) is 1. The molecular weight excluding hydrogens is 557 g/mol. The lowest BCUT2D eigenvalue weighted by molar-refractivity contribution is -0.141. The van der Waals surface area contributed by atoms with E-state index in [2.05, 4.69) is 5.32 Å². The van der Waals surface area contributed by atoms with Crippen molar-refractivity contribution in [3.63, 3.8) is 0 Å². The molecule has 0 heterocycles. The van der Waals surface area contributed by atoms with Crippen LogP contribution in [-0.2, 0) is 26.2 Å². The van der Waals surface area contributed by atoms with Crippen molar-refractivity contribution in [1.82, 2.24) is 14.5 Å². The highest BCUT2D eigenvalue weighted by Gasteiger charge is 2.31. The standard InChI is InChI=1S/C29H33Cl2N3O4S/c1-20(29(36)32-25-10-4-3-5-11-25)34(18-23-12-14-24(30)17-27(23)31)28(35)19-33(2)39(37,38)26-15-13-21-8-6-7-9-22(21)16-26/h6-9,12-17,20,25H,3-5,10-11,18-19H2,1-2H3,(H,32,36)/t20-/m0/s1. The summed E-state index contributed by atoms with van der Waals surface area (Å²) in [5.41, 5.74) is 0.603. The number of nitrogens with one attached hydrogen (secondary N) is 1. The summed E-state index contributed by atoms with van der Waals surface area (Å²) < 4.78 is 27.8. The summed E-state index contributed by atoms with van der Waals surface area (Å²) in [6.07, 6.45) is 5.07. The summed E-state index contributed by atoms with van der Waals surface area (Å²) in [7, 11) is -2.61. The lowest BCUT2D eigenvalue weighted by atomic mass is 9.95. The number of nitrogens with zero attached hydrogens (tertiary/aromatic N) is 2. The van der Waals surface area contributed by atoms with Crippen LogP contribution >= 0.6 is 23.2 Å². The van der Waals surface area contributed by atoms with Crippen LogP contribution in [0.2, 0.25) is 10.0 Å². The lowest BCUT2D eigenvalue weighted by Crippen LogP contribution is -2.52. The van der Waals surface area contributed by atoms with Gasteiger partial charge in [-0.15, -0.1) is 0 Å². The molecule has 1 N–H and O–H groups in total. The number of halogens is 2. The van der Waals surface area contributed by atoms with E-state index in [1.54, 1.807) is 37.3 Å². The number of benzene rings is 3. The van der Waals surface area contributed by atoms with Crippen LogP contribution in [-0.4, -0.2) is 55.1 Å². The zero-order chi connectivity index (χ0) is 28.2. The molecule has 0 saturated heterocycles. The fourth-order valence-electron chi connectivity index (χ4n) is 4.86. The smallest absolute Gasteiger partial charge is 0.243 e.